The number of hydrogen-bond donors (Lipinski definition) is 1. The molecule has 1 aromatic carbocycles. The third kappa shape index (κ3) is 2.88. The van der Waals surface area contributed by atoms with Gasteiger partial charge in [0.05, 0.1) is 12.2 Å². The normalized spacial score (nSPS) is 25.5. The maximum Gasteiger partial charge on any atom is 0.415 e. The number of cyclic esters (lactones) is 1. The van der Waals surface area contributed by atoms with E-state index in [-0.39, 0.29) is 18.3 Å². The van der Waals surface area contributed by atoms with Gasteiger partial charge >= 0.3 is 6.09 Å². The van der Waals surface area contributed by atoms with Gasteiger partial charge in [-0.1, -0.05) is 6.07 Å². The lowest BCUT2D eigenvalue weighted by atomic mass is 9.91. The Kier molecular flexibility index (Phi) is 3.97. The summed E-state index contributed by atoms with van der Waals surface area (Å²) in [5.74, 6) is -0.971. The number of hydrogen-bond acceptors (Lipinski definition) is 4. The summed E-state index contributed by atoms with van der Waals surface area (Å²) in [5, 5.41) is 0. The van der Waals surface area contributed by atoms with Crippen molar-refractivity contribution in [3.63, 3.8) is 0 Å². The highest BCUT2D eigenvalue weighted by Gasteiger charge is 2.46. The first-order valence-electron chi connectivity index (χ1n) is 7.58. The molecule has 2 aliphatic rings. The van der Waals surface area contributed by atoms with Crippen LogP contribution in [0.2, 0.25) is 0 Å². The zero-order valence-electron chi connectivity index (χ0n) is 12.9. The van der Waals surface area contributed by atoms with E-state index in [1.165, 1.54) is 17.9 Å². The molecule has 6 nitrogen and oxygen atoms in total. The standard InChI is InChI=1S/C16H19FN2O4/c1-16(14(18)20)9-19(15(21)23-16)11-2-3-12(13(17)8-11)10-4-6-22-7-5-10/h2-3,8,10H,4-7,9H2,1H3,(H2,18,20)/t16-/m1/s1. The second-order valence-corrected chi connectivity index (χ2v) is 6.14. The molecule has 0 spiro atoms. The molecule has 2 heterocycles. The molecule has 2 fully saturated rings. The minimum Gasteiger partial charge on any atom is -0.431 e. The first-order chi connectivity index (χ1) is 10.9. The van der Waals surface area contributed by atoms with Gasteiger partial charge in [-0.3, -0.25) is 9.69 Å². The molecule has 1 aromatic rings. The first kappa shape index (κ1) is 15.7. The van der Waals surface area contributed by atoms with Crippen LogP contribution in [0.25, 0.3) is 0 Å². The Balaban J connectivity index is 1.83. The molecule has 0 unspecified atom stereocenters. The van der Waals surface area contributed by atoms with E-state index >= 15 is 0 Å². The van der Waals surface area contributed by atoms with Crippen LogP contribution in [-0.2, 0) is 14.3 Å². The summed E-state index contributed by atoms with van der Waals surface area (Å²) in [6, 6.07) is 4.66. The van der Waals surface area contributed by atoms with Crippen molar-refractivity contribution in [2.45, 2.75) is 31.3 Å². The maximum absolute atomic E-state index is 14.5. The molecule has 3 rings (SSSR count). The van der Waals surface area contributed by atoms with E-state index < -0.39 is 17.6 Å². The van der Waals surface area contributed by atoms with Crippen LogP contribution in [-0.4, -0.2) is 37.4 Å². The summed E-state index contributed by atoms with van der Waals surface area (Å²) in [6.07, 6.45) is 0.855. The molecule has 2 saturated heterocycles. The zero-order valence-corrected chi connectivity index (χ0v) is 12.9. The van der Waals surface area contributed by atoms with Crippen molar-refractivity contribution in [3.05, 3.63) is 29.6 Å². The van der Waals surface area contributed by atoms with Crippen LogP contribution in [0.4, 0.5) is 14.9 Å². The van der Waals surface area contributed by atoms with Crippen molar-refractivity contribution in [3.8, 4) is 0 Å². The number of rotatable bonds is 3. The van der Waals surface area contributed by atoms with E-state index in [9.17, 15) is 14.0 Å². The predicted molar refractivity (Wildman–Crippen MR) is 80.6 cm³/mol. The number of nitrogens with two attached hydrogens (primary N) is 1. The van der Waals surface area contributed by atoms with Crippen LogP contribution in [0.5, 0.6) is 0 Å². The Morgan fingerprint density at radius 2 is 2.09 bits per heavy atom. The van der Waals surface area contributed by atoms with Crippen LogP contribution in [0.3, 0.4) is 0 Å². The summed E-state index contributed by atoms with van der Waals surface area (Å²) in [5.41, 5.74) is 4.84. The van der Waals surface area contributed by atoms with Crippen LogP contribution >= 0.6 is 0 Å². The van der Waals surface area contributed by atoms with Gasteiger partial charge in [0.2, 0.25) is 5.60 Å². The fourth-order valence-corrected chi connectivity index (χ4v) is 2.99. The summed E-state index contributed by atoms with van der Waals surface area (Å²) in [4.78, 5) is 24.6. The largest absolute Gasteiger partial charge is 0.431 e. The Morgan fingerprint density at radius 3 is 2.65 bits per heavy atom. The molecule has 7 heteroatoms. The van der Waals surface area contributed by atoms with E-state index in [0.29, 0.717) is 24.5 Å². The molecule has 1 atom stereocenters. The average Bonchev–Trinajstić information content (AvgIpc) is 2.84. The minimum atomic E-state index is -1.40. The highest BCUT2D eigenvalue weighted by Crippen LogP contribution is 2.33. The quantitative estimate of drug-likeness (QED) is 0.922. The molecule has 0 radical (unpaired) electrons. The molecule has 0 aliphatic carbocycles. The number of amides is 2. The molecule has 2 N–H and O–H groups in total. The third-order valence-corrected chi connectivity index (χ3v) is 4.47. The Hall–Kier alpha value is -2.15. The van der Waals surface area contributed by atoms with Crippen molar-refractivity contribution in [1.29, 1.82) is 0 Å². The zero-order chi connectivity index (χ0) is 16.6. The van der Waals surface area contributed by atoms with Gasteiger partial charge in [0.25, 0.3) is 5.91 Å². The third-order valence-electron chi connectivity index (χ3n) is 4.47. The Morgan fingerprint density at radius 1 is 1.39 bits per heavy atom. The number of carbonyl (C=O) groups excluding carboxylic acids is 2. The molecular formula is C16H19FN2O4. The van der Waals surface area contributed by atoms with Gasteiger partial charge in [-0.2, -0.15) is 0 Å². The number of carbonyl (C=O) groups is 2. The second kappa shape index (κ2) is 5.81. The van der Waals surface area contributed by atoms with Gasteiger partial charge < -0.3 is 15.2 Å². The van der Waals surface area contributed by atoms with Crippen LogP contribution in [0.15, 0.2) is 18.2 Å². The molecule has 124 valence electrons. The minimum absolute atomic E-state index is 0.0305. The highest BCUT2D eigenvalue weighted by molar-refractivity contribution is 5.97. The molecule has 0 saturated carbocycles. The fourth-order valence-electron chi connectivity index (χ4n) is 2.99. The number of anilines is 1. The summed E-state index contributed by atoms with van der Waals surface area (Å²) < 4.78 is 24.8. The van der Waals surface area contributed by atoms with E-state index in [2.05, 4.69) is 0 Å². The molecule has 2 amide bonds. The highest BCUT2D eigenvalue weighted by atomic mass is 19.1. The van der Waals surface area contributed by atoms with Crippen molar-refractivity contribution < 1.29 is 23.5 Å². The summed E-state index contributed by atoms with van der Waals surface area (Å²) in [6.45, 7) is 2.67. The Labute approximate surface area is 133 Å². The van der Waals surface area contributed by atoms with E-state index in [0.717, 1.165) is 12.8 Å². The van der Waals surface area contributed by atoms with Gasteiger partial charge in [0, 0.05) is 13.2 Å². The van der Waals surface area contributed by atoms with Gasteiger partial charge in [-0.25, -0.2) is 9.18 Å². The molecule has 0 aromatic heterocycles. The fraction of sp³-hybridized carbons (Fsp3) is 0.500. The maximum atomic E-state index is 14.5. The van der Waals surface area contributed by atoms with Gasteiger partial charge in [0.15, 0.2) is 0 Å². The lowest BCUT2D eigenvalue weighted by molar-refractivity contribution is -0.131. The SMILES string of the molecule is C[C@]1(C(N)=O)CN(c2ccc(C3CCOCC3)c(F)c2)C(=O)O1. The predicted octanol–water partition coefficient (Wildman–Crippen LogP) is 1.92. The number of benzene rings is 1. The van der Waals surface area contributed by atoms with E-state index in [1.54, 1.807) is 12.1 Å². The Bertz CT molecular complexity index is 645. The average molecular weight is 322 g/mol. The molecule has 2 aliphatic heterocycles. The van der Waals surface area contributed by atoms with Crippen LogP contribution in [0.1, 0.15) is 31.2 Å². The molecule has 0 bridgehead atoms. The van der Waals surface area contributed by atoms with Crippen molar-refractivity contribution >= 4 is 17.7 Å². The second-order valence-electron chi connectivity index (χ2n) is 6.14. The van der Waals surface area contributed by atoms with E-state index in [4.69, 9.17) is 15.2 Å². The van der Waals surface area contributed by atoms with Crippen LogP contribution < -0.4 is 10.6 Å². The van der Waals surface area contributed by atoms with Crippen molar-refractivity contribution in [2.24, 2.45) is 5.73 Å². The monoisotopic (exact) mass is 322 g/mol. The summed E-state index contributed by atoms with van der Waals surface area (Å²) >= 11 is 0. The van der Waals surface area contributed by atoms with Gasteiger partial charge in [0.1, 0.15) is 5.82 Å². The lowest BCUT2D eigenvalue weighted by Crippen LogP contribution is -2.44. The number of ether oxygens (including phenoxy) is 2. The van der Waals surface area contributed by atoms with E-state index in [1.807, 2.05) is 0 Å². The van der Waals surface area contributed by atoms with Crippen LogP contribution in [0, 0.1) is 5.82 Å². The number of primary amides is 1. The number of halogens is 1. The van der Waals surface area contributed by atoms with Gasteiger partial charge in [-0.15, -0.1) is 0 Å². The van der Waals surface area contributed by atoms with Crippen molar-refractivity contribution in [2.75, 3.05) is 24.7 Å². The summed E-state index contributed by atoms with van der Waals surface area (Å²) in [7, 11) is 0. The van der Waals surface area contributed by atoms with Gasteiger partial charge in [-0.05, 0) is 43.4 Å². The number of nitrogens with zero attached hydrogens (tertiary/aromatic N) is 1. The lowest BCUT2D eigenvalue weighted by Gasteiger charge is -2.23. The smallest absolute Gasteiger partial charge is 0.415 e. The topological polar surface area (TPSA) is 81.9 Å². The molecule has 23 heavy (non-hydrogen) atoms. The first-order valence-corrected chi connectivity index (χ1v) is 7.58. The molecular weight excluding hydrogens is 303 g/mol. The van der Waals surface area contributed by atoms with Crippen molar-refractivity contribution in [1.82, 2.24) is 0 Å².